The highest BCUT2D eigenvalue weighted by atomic mass is 16.5. The molecule has 3 atom stereocenters. The second kappa shape index (κ2) is 10.5. The van der Waals surface area contributed by atoms with Crippen LogP contribution in [0, 0.1) is 0 Å². The van der Waals surface area contributed by atoms with Crippen LogP contribution >= 0.6 is 0 Å². The first kappa shape index (κ1) is 23.5. The lowest BCUT2D eigenvalue weighted by atomic mass is 9.94. The van der Waals surface area contributed by atoms with Gasteiger partial charge in [-0.3, -0.25) is 14.4 Å². The summed E-state index contributed by atoms with van der Waals surface area (Å²) in [4.78, 5) is 39.2. The molecule has 2 heterocycles. The molecule has 9 heteroatoms. The van der Waals surface area contributed by atoms with E-state index in [-0.39, 0.29) is 49.2 Å². The zero-order chi connectivity index (χ0) is 23.4. The number of nitrogens with zero attached hydrogens (tertiary/aromatic N) is 1. The molecule has 0 bridgehead atoms. The molecule has 0 radical (unpaired) electrons. The topological polar surface area (TPSA) is 106 Å². The summed E-state index contributed by atoms with van der Waals surface area (Å²) < 4.78 is 17.1. The number of fused-ring (bicyclic) bond motifs is 2. The van der Waals surface area contributed by atoms with E-state index in [1.54, 1.807) is 30.1 Å². The Hall–Kier alpha value is -2.65. The summed E-state index contributed by atoms with van der Waals surface area (Å²) in [6.45, 7) is 0.216. The lowest BCUT2D eigenvalue weighted by molar-refractivity contribution is -0.134. The van der Waals surface area contributed by atoms with E-state index in [9.17, 15) is 14.4 Å². The standard InChI is InChI=1S/C24H33N3O6/c1-27-19-9-8-17(12-22(28)25-15-5-3-4-6-15)33-21(19)13-32-20-10-7-16(11-18(20)24(27)30)26-23(29)14-31-2/h7,10-11,15,17,19,21H,3-6,8-9,12-14H2,1-2H3,(H,25,28)(H,26,29)/t17-,19-,21+/m1/s1. The van der Waals surface area contributed by atoms with E-state index in [0.717, 1.165) is 19.3 Å². The number of nitrogens with one attached hydrogen (secondary N) is 2. The third-order valence-corrected chi connectivity index (χ3v) is 6.70. The Balaban J connectivity index is 1.41. The maximum atomic E-state index is 13.2. The zero-order valence-corrected chi connectivity index (χ0v) is 19.3. The fourth-order valence-corrected chi connectivity index (χ4v) is 5.00. The molecule has 0 unspecified atom stereocenters. The average Bonchev–Trinajstić information content (AvgIpc) is 3.29. The Morgan fingerprint density at radius 3 is 2.70 bits per heavy atom. The van der Waals surface area contributed by atoms with Crippen LogP contribution in [0.15, 0.2) is 18.2 Å². The highest BCUT2D eigenvalue weighted by Gasteiger charge is 2.39. The average molecular weight is 460 g/mol. The van der Waals surface area contributed by atoms with Crippen LogP contribution in [0.4, 0.5) is 5.69 Å². The highest BCUT2D eigenvalue weighted by Crippen LogP contribution is 2.32. The number of hydrogen-bond acceptors (Lipinski definition) is 6. The van der Waals surface area contributed by atoms with Gasteiger partial charge >= 0.3 is 0 Å². The number of anilines is 1. The third kappa shape index (κ3) is 5.65. The minimum Gasteiger partial charge on any atom is -0.490 e. The Morgan fingerprint density at radius 2 is 1.94 bits per heavy atom. The first-order valence-electron chi connectivity index (χ1n) is 11.7. The summed E-state index contributed by atoms with van der Waals surface area (Å²) in [5, 5.41) is 5.84. The van der Waals surface area contributed by atoms with Gasteiger partial charge in [0.05, 0.1) is 24.1 Å². The first-order chi connectivity index (χ1) is 15.9. The molecule has 0 aromatic heterocycles. The number of carbonyl (C=O) groups excluding carboxylic acids is 3. The monoisotopic (exact) mass is 459 g/mol. The number of benzene rings is 1. The van der Waals surface area contributed by atoms with Crippen molar-refractivity contribution in [2.24, 2.45) is 0 Å². The minimum absolute atomic E-state index is 0.0370. The molecule has 1 saturated carbocycles. The largest absolute Gasteiger partial charge is 0.490 e. The van der Waals surface area contributed by atoms with E-state index in [0.29, 0.717) is 35.9 Å². The molecular formula is C24H33N3O6. The van der Waals surface area contributed by atoms with Gasteiger partial charge in [-0.2, -0.15) is 0 Å². The number of rotatable bonds is 6. The number of amides is 3. The van der Waals surface area contributed by atoms with Crippen LogP contribution in [-0.2, 0) is 19.1 Å². The van der Waals surface area contributed by atoms with Crippen molar-refractivity contribution < 1.29 is 28.6 Å². The van der Waals surface area contributed by atoms with Gasteiger partial charge in [-0.05, 0) is 43.9 Å². The molecule has 3 aliphatic rings. The Labute approximate surface area is 194 Å². The Kier molecular flexibility index (Phi) is 7.49. The Morgan fingerprint density at radius 1 is 1.15 bits per heavy atom. The van der Waals surface area contributed by atoms with Gasteiger partial charge in [-0.15, -0.1) is 0 Å². The summed E-state index contributed by atoms with van der Waals surface area (Å²) in [5.74, 6) is -0.00739. The molecule has 0 spiro atoms. The van der Waals surface area contributed by atoms with Crippen LogP contribution < -0.4 is 15.4 Å². The summed E-state index contributed by atoms with van der Waals surface area (Å²) >= 11 is 0. The predicted octanol–water partition coefficient (Wildman–Crippen LogP) is 2.10. The zero-order valence-electron chi connectivity index (χ0n) is 19.3. The molecule has 33 heavy (non-hydrogen) atoms. The molecule has 3 amide bonds. The fraction of sp³-hybridized carbons (Fsp3) is 0.625. The maximum absolute atomic E-state index is 13.2. The van der Waals surface area contributed by atoms with Crippen LogP contribution in [0.2, 0.25) is 0 Å². The lowest BCUT2D eigenvalue weighted by Crippen LogP contribution is -2.54. The molecular weight excluding hydrogens is 426 g/mol. The van der Waals surface area contributed by atoms with Gasteiger partial charge in [-0.25, -0.2) is 0 Å². The lowest BCUT2D eigenvalue weighted by Gasteiger charge is -2.42. The number of methoxy groups -OCH3 is 1. The van der Waals surface area contributed by atoms with E-state index < -0.39 is 0 Å². The summed E-state index contributed by atoms with van der Waals surface area (Å²) in [7, 11) is 3.21. The summed E-state index contributed by atoms with van der Waals surface area (Å²) in [6, 6.07) is 5.15. The van der Waals surface area contributed by atoms with E-state index in [1.165, 1.54) is 20.0 Å². The van der Waals surface area contributed by atoms with Crippen molar-refractivity contribution in [3.05, 3.63) is 23.8 Å². The Bertz CT molecular complexity index is 885. The van der Waals surface area contributed by atoms with Crippen LogP contribution in [0.5, 0.6) is 5.75 Å². The van der Waals surface area contributed by atoms with Gasteiger partial charge in [0, 0.05) is 25.9 Å². The molecule has 1 aromatic carbocycles. The summed E-state index contributed by atoms with van der Waals surface area (Å²) in [5.41, 5.74) is 0.899. The molecule has 9 nitrogen and oxygen atoms in total. The molecule has 1 aliphatic carbocycles. The normalized spacial score (nSPS) is 25.3. The number of likely N-dealkylation sites (N-methyl/N-ethyl adjacent to an activating group) is 1. The van der Waals surface area contributed by atoms with Gasteiger partial charge in [0.15, 0.2) is 0 Å². The number of hydrogen-bond donors (Lipinski definition) is 2. The van der Waals surface area contributed by atoms with Gasteiger partial charge < -0.3 is 29.7 Å². The van der Waals surface area contributed by atoms with Crippen molar-refractivity contribution in [1.82, 2.24) is 10.2 Å². The maximum Gasteiger partial charge on any atom is 0.257 e. The quantitative estimate of drug-likeness (QED) is 0.675. The number of ether oxygens (including phenoxy) is 3. The fourth-order valence-electron chi connectivity index (χ4n) is 5.00. The van der Waals surface area contributed by atoms with Crippen LogP contribution in [-0.4, -0.2) is 74.3 Å². The highest BCUT2D eigenvalue weighted by molar-refractivity contribution is 6.00. The van der Waals surface area contributed by atoms with Crippen molar-refractivity contribution in [3.63, 3.8) is 0 Å². The van der Waals surface area contributed by atoms with Crippen molar-refractivity contribution in [3.8, 4) is 5.75 Å². The first-order valence-corrected chi connectivity index (χ1v) is 11.7. The van der Waals surface area contributed by atoms with Crippen molar-refractivity contribution in [1.29, 1.82) is 0 Å². The third-order valence-electron chi connectivity index (χ3n) is 6.70. The molecule has 2 N–H and O–H groups in total. The van der Waals surface area contributed by atoms with Gasteiger partial charge in [0.25, 0.3) is 5.91 Å². The SMILES string of the molecule is COCC(=O)Nc1ccc2c(c1)C(=O)N(C)[C@@H]1CC[C@H](CC(=O)NC3CCCC3)O[C@H]1CO2. The van der Waals surface area contributed by atoms with Gasteiger partial charge in [-0.1, -0.05) is 12.8 Å². The van der Waals surface area contributed by atoms with Gasteiger partial charge in [0.2, 0.25) is 11.8 Å². The van der Waals surface area contributed by atoms with Gasteiger partial charge in [0.1, 0.15) is 25.1 Å². The van der Waals surface area contributed by atoms with E-state index in [1.807, 2.05) is 0 Å². The van der Waals surface area contributed by atoms with Crippen LogP contribution in [0.3, 0.4) is 0 Å². The van der Waals surface area contributed by atoms with E-state index >= 15 is 0 Å². The van der Waals surface area contributed by atoms with Crippen molar-refractivity contribution >= 4 is 23.4 Å². The molecule has 2 fully saturated rings. The molecule has 1 saturated heterocycles. The van der Waals surface area contributed by atoms with E-state index in [2.05, 4.69) is 10.6 Å². The van der Waals surface area contributed by atoms with Crippen molar-refractivity contribution in [2.45, 2.75) is 69.2 Å². The second-order valence-electron chi connectivity index (χ2n) is 9.11. The molecule has 4 rings (SSSR count). The van der Waals surface area contributed by atoms with Crippen molar-refractivity contribution in [2.75, 3.05) is 32.7 Å². The second-order valence-corrected chi connectivity index (χ2v) is 9.11. The number of carbonyl (C=O) groups is 3. The molecule has 180 valence electrons. The predicted molar refractivity (Wildman–Crippen MR) is 121 cm³/mol. The summed E-state index contributed by atoms with van der Waals surface area (Å²) in [6.07, 6.45) is 5.74. The minimum atomic E-state index is -0.314. The van der Waals surface area contributed by atoms with E-state index in [4.69, 9.17) is 14.2 Å². The van der Waals surface area contributed by atoms with Crippen LogP contribution in [0.1, 0.15) is 55.3 Å². The smallest absolute Gasteiger partial charge is 0.257 e. The molecule has 2 aliphatic heterocycles. The molecule has 1 aromatic rings. The van der Waals surface area contributed by atoms with Crippen LogP contribution in [0.25, 0.3) is 0 Å².